The van der Waals surface area contributed by atoms with E-state index in [2.05, 4.69) is 10.3 Å². The molecule has 1 aromatic carbocycles. The molecule has 0 saturated heterocycles. The lowest BCUT2D eigenvalue weighted by Crippen LogP contribution is -1.89. The Morgan fingerprint density at radius 3 is 2.67 bits per heavy atom. The molecule has 0 bridgehead atoms. The minimum Gasteiger partial charge on any atom is -0.505 e. The van der Waals surface area contributed by atoms with E-state index in [1.807, 2.05) is 20.0 Å². The van der Waals surface area contributed by atoms with Crippen molar-refractivity contribution in [2.45, 2.75) is 13.8 Å². The van der Waals surface area contributed by atoms with E-state index in [-0.39, 0.29) is 5.75 Å². The molecule has 1 N–H and O–H groups in total. The fourth-order valence-electron chi connectivity index (χ4n) is 2.41. The van der Waals surface area contributed by atoms with Crippen molar-refractivity contribution in [3.8, 4) is 28.1 Å². The van der Waals surface area contributed by atoms with E-state index in [1.54, 1.807) is 17.8 Å². The molecule has 3 rings (SSSR count). The predicted octanol–water partition coefficient (Wildman–Crippen LogP) is 3.20. The lowest BCUT2D eigenvalue weighted by molar-refractivity contribution is 0.393. The highest BCUT2D eigenvalue weighted by atomic mass is 19.1. The summed E-state index contributed by atoms with van der Waals surface area (Å²) in [6.45, 7) is 3.67. The van der Waals surface area contributed by atoms with Crippen molar-refractivity contribution >= 4 is 0 Å². The Morgan fingerprint density at radius 1 is 1.29 bits per heavy atom. The van der Waals surface area contributed by atoms with Gasteiger partial charge < -0.3 is 9.63 Å². The monoisotopic (exact) mass is 287 g/mol. The molecule has 2 aromatic heterocycles. The van der Waals surface area contributed by atoms with Crippen LogP contribution in [0.2, 0.25) is 0 Å². The van der Waals surface area contributed by atoms with Gasteiger partial charge in [0.15, 0.2) is 11.6 Å². The Labute approximate surface area is 120 Å². The van der Waals surface area contributed by atoms with E-state index in [1.165, 1.54) is 12.1 Å². The van der Waals surface area contributed by atoms with Crippen LogP contribution in [0.15, 0.2) is 28.9 Å². The number of halogens is 1. The molecule has 0 aliphatic heterocycles. The second-order valence-corrected chi connectivity index (χ2v) is 4.93. The Hall–Kier alpha value is -2.63. The van der Waals surface area contributed by atoms with E-state index in [0.717, 1.165) is 16.8 Å². The van der Waals surface area contributed by atoms with E-state index < -0.39 is 5.82 Å². The van der Waals surface area contributed by atoms with Crippen molar-refractivity contribution in [1.29, 1.82) is 0 Å². The molecule has 0 atom stereocenters. The standard InChI is InChI=1S/C15H14FN3O2/c1-8-14(9(2)21-18-8)11-7-19(3)17-15(11)10-4-5-13(20)12(16)6-10/h4-7,20H,1-3H3. The van der Waals surface area contributed by atoms with Gasteiger partial charge >= 0.3 is 0 Å². The first kappa shape index (κ1) is 13.4. The molecule has 2 heterocycles. The number of benzene rings is 1. The zero-order valence-electron chi connectivity index (χ0n) is 11.9. The minimum atomic E-state index is -0.678. The minimum absolute atomic E-state index is 0.381. The Morgan fingerprint density at radius 2 is 2.05 bits per heavy atom. The summed E-state index contributed by atoms with van der Waals surface area (Å²) in [6.07, 6.45) is 1.84. The summed E-state index contributed by atoms with van der Waals surface area (Å²) in [6, 6.07) is 4.21. The molecule has 0 radical (unpaired) electrons. The number of phenolic OH excluding ortho intramolecular Hbond substituents is 1. The van der Waals surface area contributed by atoms with Gasteiger partial charge in [-0.1, -0.05) is 5.16 Å². The highest BCUT2D eigenvalue weighted by molar-refractivity contribution is 5.82. The number of rotatable bonds is 2. The van der Waals surface area contributed by atoms with Crippen LogP contribution in [-0.4, -0.2) is 20.0 Å². The quantitative estimate of drug-likeness (QED) is 0.786. The molecule has 0 aliphatic rings. The van der Waals surface area contributed by atoms with E-state index in [9.17, 15) is 9.50 Å². The normalized spacial score (nSPS) is 11.0. The first-order valence-corrected chi connectivity index (χ1v) is 6.43. The van der Waals surface area contributed by atoms with Crippen LogP contribution < -0.4 is 0 Å². The summed E-state index contributed by atoms with van der Waals surface area (Å²) in [4.78, 5) is 0. The van der Waals surface area contributed by atoms with Crippen LogP contribution in [0.5, 0.6) is 5.75 Å². The Kier molecular flexibility index (Phi) is 3.01. The SMILES string of the molecule is Cc1noc(C)c1-c1cn(C)nc1-c1ccc(O)c(F)c1. The smallest absolute Gasteiger partial charge is 0.165 e. The van der Waals surface area contributed by atoms with Gasteiger partial charge in [-0.15, -0.1) is 0 Å². The number of phenols is 1. The topological polar surface area (TPSA) is 64.1 Å². The molecule has 0 unspecified atom stereocenters. The summed E-state index contributed by atoms with van der Waals surface area (Å²) in [5.41, 5.74) is 3.62. The first-order valence-electron chi connectivity index (χ1n) is 6.43. The average Bonchev–Trinajstić information content (AvgIpc) is 2.96. The number of hydrogen-bond donors (Lipinski definition) is 1. The van der Waals surface area contributed by atoms with Crippen molar-refractivity contribution in [1.82, 2.24) is 14.9 Å². The molecule has 0 fully saturated rings. The highest BCUT2D eigenvalue weighted by Crippen LogP contribution is 2.35. The van der Waals surface area contributed by atoms with E-state index in [4.69, 9.17) is 4.52 Å². The summed E-state index contributed by atoms with van der Waals surface area (Å²) < 4.78 is 20.4. The zero-order chi connectivity index (χ0) is 15.1. The van der Waals surface area contributed by atoms with Crippen LogP contribution in [0.4, 0.5) is 4.39 Å². The van der Waals surface area contributed by atoms with Crippen molar-refractivity contribution < 1.29 is 14.0 Å². The molecule has 108 valence electrons. The van der Waals surface area contributed by atoms with Gasteiger partial charge in [-0.3, -0.25) is 4.68 Å². The van der Waals surface area contributed by atoms with Crippen LogP contribution in [0.25, 0.3) is 22.4 Å². The van der Waals surface area contributed by atoms with E-state index in [0.29, 0.717) is 17.0 Å². The predicted molar refractivity (Wildman–Crippen MR) is 75.2 cm³/mol. The maximum atomic E-state index is 13.6. The van der Waals surface area contributed by atoms with Gasteiger partial charge in [-0.05, 0) is 32.0 Å². The number of aryl methyl sites for hydroxylation is 3. The number of aromatic nitrogens is 3. The second kappa shape index (κ2) is 4.73. The lowest BCUT2D eigenvalue weighted by atomic mass is 10.0. The third kappa shape index (κ3) is 2.18. The third-order valence-corrected chi connectivity index (χ3v) is 3.35. The van der Waals surface area contributed by atoms with Gasteiger partial charge in [-0.2, -0.15) is 5.10 Å². The molecule has 0 spiro atoms. The molecule has 0 saturated carbocycles. The fraction of sp³-hybridized carbons (Fsp3) is 0.200. The molecule has 0 aliphatic carbocycles. The molecule has 21 heavy (non-hydrogen) atoms. The van der Waals surface area contributed by atoms with Crippen molar-refractivity contribution in [3.63, 3.8) is 0 Å². The van der Waals surface area contributed by atoms with Crippen LogP contribution in [-0.2, 0) is 7.05 Å². The van der Waals surface area contributed by atoms with Crippen molar-refractivity contribution in [3.05, 3.63) is 41.7 Å². The number of hydrogen-bond acceptors (Lipinski definition) is 4. The van der Waals surface area contributed by atoms with Crippen molar-refractivity contribution in [2.24, 2.45) is 7.05 Å². The second-order valence-electron chi connectivity index (χ2n) is 4.93. The van der Waals surface area contributed by atoms with Crippen LogP contribution in [0.3, 0.4) is 0 Å². The van der Waals surface area contributed by atoms with Gasteiger partial charge in [0.25, 0.3) is 0 Å². The lowest BCUT2D eigenvalue weighted by Gasteiger charge is -2.03. The van der Waals surface area contributed by atoms with Gasteiger partial charge in [0.05, 0.1) is 11.3 Å². The van der Waals surface area contributed by atoms with Crippen LogP contribution in [0, 0.1) is 19.7 Å². The van der Waals surface area contributed by atoms with Gasteiger partial charge in [0.2, 0.25) is 0 Å². The highest BCUT2D eigenvalue weighted by Gasteiger charge is 2.20. The van der Waals surface area contributed by atoms with Gasteiger partial charge in [-0.25, -0.2) is 4.39 Å². The number of nitrogens with zero attached hydrogens (tertiary/aromatic N) is 3. The maximum Gasteiger partial charge on any atom is 0.165 e. The van der Waals surface area contributed by atoms with Gasteiger partial charge in [0.1, 0.15) is 11.5 Å². The number of aromatic hydroxyl groups is 1. The van der Waals surface area contributed by atoms with Crippen LogP contribution >= 0.6 is 0 Å². The molecule has 5 nitrogen and oxygen atoms in total. The van der Waals surface area contributed by atoms with Crippen molar-refractivity contribution in [2.75, 3.05) is 0 Å². The third-order valence-electron chi connectivity index (χ3n) is 3.35. The van der Waals surface area contributed by atoms with Crippen LogP contribution in [0.1, 0.15) is 11.5 Å². The Balaban J connectivity index is 2.23. The summed E-state index contributed by atoms with van der Waals surface area (Å²) in [7, 11) is 1.79. The zero-order valence-corrected chi connectivity index (χ0v) is 11.9. The summed E-state index contributed by atoms with van der Waals surface area (Å²) in [5, 5.41) is 17.6. The Bertz CT molecular complexity index is 801. The van der Waals surface area contributed by atoms with Gasteiger partial charge in [0, 0.05) is 24.4 Å². The fourth-order valence-corrected chi connectivity index (χ4v) is 2.41. The van der Waals surface area contributed by atoms with E-state index >= 15 is 0 Å². The largest absolute Gasteiger partial charge is 0.505 e. The molecule has 0 amide bonds. The summed E-state index contributed by atoms with van der Waals surface area (Å²) >= 11 is 0. The first-order chi connectivity index (χ1) is 9.97. The molecular formula is C15H14FN3O2. The molecular weight excluding hydrogens is 273 g/mol. The average molecular weight is 287 g/mol. The molecule has 6 heteroatoms. The maximum absolute atomic E-state index is 13.6. The molecule has 3 aromatic rings. The summed E-state index contributed by atoms with van der Waals surface area (Å²) in [5.74, 6) is -0.377.